The molecule has 1 unspecified atom stereocenters. The molecule has 0 spiro atoms. The summed E-state index contributed by atoms with van der Waals surface area (Å²) >= 11 is 6.00. The Labute approximate surface area is 110 Å². The molecule has 0 saturated carbocycles. The molecule has 0 radical (unpaired) electrons. The maximum atomic E-state index is 12.0. The lowest BCUT2D eigenvalue weighted by Crippen LogP contribution is -2.56. The topological polar surface area (TPSA) is 70.2 Å². The van der Waals surface area contributed by atoms with E-state index in [0.717, 1.165) is 5.56 Å². The van der Waals surface area contributed by atoms with Crippen LogP contribution in [0.4, 0.5) is 5.69 Å². The molecular weight excluding hydrogens is 254 g/mol. The lowest BCUT2D eigenvalue weighted by Gasteiger charge is -2.23. The van der Waals surface area contributed by atoms with Crippen molar-refractivity contribution in [1.29, 1.82) is 0 Å². The monoisotopic (exact) mass is 267 g/mol. The van der Waals surface area contributed by atoms with Gasteiger partial charge >= 0.3 is 0 Å². The van der Waals surface area contributed by atoms with Crippen molar-refractivity contribution in [2.24, 2.45) is 0 Å². The number of benzene rings is 1. The van der Waals surface area contributed by atoms with Crippen LogP contribution in [0.2, 0.25) is 5.02 Å². The molecule has 3 N–H and O–H groups in total. The first-order valence-corrected chi connectivity index (χ1v) is 6.01. The Morgan fingerprint density at radius 1 is 1.50 bits per heavy atom. The molecule has 0 aliphatic carbocycles. The largest absolute Gasteiger partial charge is 0.353 e. The summed E-state index contributed by atoms with van der Waals surface area (Å²) in [4.78, 5) is 22.9. The zero-order chi connectivity index (χ0) is 13.1. The molecule has 1 saturated heterocycles. The van der Waals surface area contributed by atoms with Crippen LogP contribution in [0, 0.1) is 6.92 Å². The SMILES string of the molecule is Cc1ccc(Cl)c(NC(=O)C2CNC(=O)CN2)c1. The Morgan fingerprint density at radius 3 is 2.94 bits per heavy atom. The molecule has 1 aliphatic heterocycles. The third-order valence-corrected chi connectivity index (χ3v) is 3.04. The van der Waals surface area contributed by atoms with Gasteiger partial charge in [-0.25, -0.2) is 0 Å². The predicted molar refractivity (Wildman–Crippen MR) is 69.6 cm³/mol. The van der Waals surface area contributed by atoms with Crippen LogP contribution in [0.15, 0.2) is 18.2 Å². The number of halogens is 1. The highest BCUT2D eigenvalue weighted by Crippen LogP contribution is 2.22. The molecule has 18 heavy (non-hydrogen) atoms. The zero-order valence-corrected chi connectivity index (χ0v) is 10.7. The maximum Gasteiger partial charge on any atom is 0.243 e. The van der Waals surface area contributed by atoms with Crippen LogP contribution in [0.1, 0.15) is 5.56 Å². The molecule has 1 aromatic carbocycles. The van der Waals surface area contributed by atoms with Crippen molar-refractivity contribution in [1.82, 2.24) is 10.6 Å². The molecule has 1 fully saturated rings. The Kier molecular flexibility index (Phi) is 3.84. The number of rotatable bonds is 2. The molecular formula is C12H14ClN3O2. The Balaban J connectivity index is 2.02. The first-order valence-electron chi connectivity index (χ1n) is 5.63. The Bertz CT molecular complexity index is 480. The number of anilines is 1. The minimum atomic E-state index is -0.431. The van der Waals surface area contributed by atoms with Crippen molar-refractivity contribution < 1.29 is 9.59 Å². The minimum Gasteiger partial charge on any atom is -0.353 e. The molecule has 2 amide bonds. The van der Waals surface area contributed by atoms with E-state index < -0.39 is 6.04 Å². The molecule has 6 heteroatoms. The summed E-state index contributed by atoms with van der Waals surface area (Å²) in [5.74, 6) is -0.310. The first kappa shape index (κ1) is 12.9. The van der Waals surface area contributed by atoms with Gasteiger partial charge in [-0.3, -0.25) is 14.9 Å². The van der Waals surface area contributed by atoms with Crippen LogP contribution in [-0.2, 0) is 9.59 Å². The van der Waals surface area contributed by atoms with E-state index in [1.807, 2.05) is 19.1 Å². The van der Waals surface area contributed by atoms with E-state index in [-0.39, 0.29) is 24.9 Å². The predicted octanol–water partition coefficient (Wildman–Crippen LogP) is 0.675. The lowest BCUT2D eigenvalue weighted by atomic mass is 10.2. The number of amides is 2. The van der Waals surface area contributed by atoms with Crippen LogP contribution < -0.4 is 16.0 Å². The third-order valence-electron chi connectivity index (χ3n) is 2.71. The zero-order valence-electron chi connectivity index (χ0n) is 9.92. The third kappa shape index (κ3) is 3.00. The Morgan fingerprint density at radius 2 is 2.28 bits per heavy atom. The molecule has 1 heterocycles. The standard InChI is InChI=1S/C12H14ClN3O2/c1-7-2-3-8(13)9(4-7)16-12(18)10-5-15-11(17)6-14-10/h2-4,10,14H,5-6H2,1H3,(H,15,17)(H,16,18). The second kappa shape index (κ2) is 5.37. The van der Waals surface area contributed by atoms with Gasteiger partial charge in [-0.2, -0.15) is 0 Å². The van der Waals surface area contributed by atoms with Gasteiger partial charge in [0, 0.05) is 6.54 Å². The Hall–Kier alpha value is -1.59. The average molecular weight is 268 g/mol. The van der Waals surface area contributed by atoms with E-state index in [0.29, 0.717) is 10.7 Å². The van der Waals surface area contributed by atoms with Crippen molar-refractivity contribution >= 4 is 29.1 Å². The summed E-state index contributed by atoms with van der Waals surface area (Å²) in [6.45, 7) is 2.36. The normalized spacial score (nSPS) is 19.2. The molecule has 0 aromatic heterocycles. The molecule has 5 nitrogen and oxygen atoms in total. The van der Waals surface area contributed by atoms with Gasteiger partial charge in [0.2, 0.25) is 11.8 Å². The van der Waals surface area contributed by atoms with Gasteiger partial charge in [-0.05, 0) is 24.6 Å². The number of carbonyl (C=O) groups is 2. The fourth-order valence-electron chi connectivity index (χ4n) is 1.71. The quantitative estimate of drug-likeness (QED) is 0.738. The fraction of sp³-hybridized carbons (Fsp3) is 0.333. The first-order chi connectivity index (χ1) is 8.56. The number of piperazine rings is 1. The van der Waals surface area contributed by atoms with Crippen molar-refractivity contribution in [2.45, 2.75) is 13.0 Å². The number of hydrogen-bond donors (Lipinski definition) is 3. The second-order valence-corrected chi connectivity index (χ2v) is 4.62. The average Bonchev–Trinajstić information content (AvgIpc) is 2.34. The summed E-state index contributed by atoms with van der Waals surface area (Å²) in [5, 5.41) is 8.73. The maximum absolute atomic E-state index is 12.0. The molecule has 1 atom stereocenters. The van der Waals surface area contributed by atoms with Crippen molar-refractivity contribution in [2.75, 3.05) is 18.4 Å². The highest BCUT2D eigenvalue weighted by Gasteiger charge is 2.24. The van der Waals surface area contributed by atoms with E-state index in [2.05, 4.69) is 16.0 Å². The van der Waals surface area contributed by atoms with Gasteiger partial charge in [0.15, 0.2) is 0 Å². The van der Waals surface area contributed by atoms with Crippen LogP contribution in [-0.4, -0.2) is 30.9 Å². The number of hydrogen-bond acceptors (Lipinski definition) is 3. The number of aryl methyl sites for hydroxylation is 1. The smallest absolute Gasteiger partial charge is 0.243 e. The van der Waals surface area contributed by atoms with Gasteiger partial charge in [-0.1, -0.05) is 17.7 Å². The molecule has 1 aliphatic rings. The van der Waals surface area contributed by atoms with Gasteiger partial charge in [-0.15, -0.1) is 0 Å². The van der Waals surface area contributed by atoms with Gasteiger partial charge in [0.25, 0.3) is 0 Å². The van der Waals surface area contributed by atoms with Crippen molar-refractivity contribution in [3.8, 4) is 0 Å². The van der Waals surface area contributed by atoms with Crippen LogP contribution >= 0.6 is 11.6 Å². The molecule has 2 rings (SSSR count). The highest BCUT2D eigenvalue weighted by atomic mass is 35.5. The molecule has 0 bridgehead atoms. The van der Waals surface area contributed by atoms with Gasteiger partial charge in [0.1, 0.15) is 6.04 Å². The van der Waals surface area contributed by atoms with Crippen LogP contribution in [0.5, 0.6) is 0 Å². The fourth-order valence-corrected chi connectivity index (χ4v) is 1.87. The molecule has 96 valence electrons. The number of carbonyl (C=O) groups excluding carboxylic acids is 2. The summed E-state index contributed by atoms with van der Waals surface area (Å²) in [6.07, 6.45) is 0. The second-order valence-electron chi connectivity index (χ2n) is 4.21. The summed E-state index contributed by atoms with van der Waals surface area (Å²) in [5.41, 5.74) is 1.60. The van der Waals surface area contributed by atoms with Gasteiger partial charge < -0.3 is 10.6 Å². The van der Waals surface area contributed by atoms with Gasteiger partial charge in [0.05, 0.1) is 17.3 Å². The summed E-state index contributed by atoms with van der Waals surface area (Å²) < 4.78 is 0. The van der Waals surface area contributed by atoms with Crippen molar-refractivity contribution in [3.63, 3.8) is 0 Å². The van der Waals surface area contributed by atoms with E-state index in [9.17, 15) is 9.59 Å². The minimum absolute atomic E-state index is 0.104. The number of nitrogens with one attached hydrogen (secondary N) is 3. The van der Waals surface area contributed by atoms with Crippen LogP contribution in [0.3, 0.4) is 0 Å². The summed E-state index contributed by atoms with van der Waals surface area (Å²) in [7, 11) is 0. The lowest BCUT2D eigenvalue weighted by molar-refractivity contribution is -0.124. The van der Waals surface area contributed by atoms with E-state index >= 15 is 0 Å². The van der Waals surface area contributed by atoms with Crippen LogP contribution in [0.25, 0.3) is 0 Å². The highest BCUT2D eigenvalue weighted by molar-refractivity contribution is 6.33. The van der Waals surface area contributed by atoms with E-state index in [4.69, 9.17) is 11.6 Å². The molecule has 1 aromatic rings. The van der Waals surface area contributed by atoms with E-state index in [1.165, 1.54) is 0 Å². The van der Waals surface area contributed by atoms with E-state index in [1.54, 1.807) is 6.07 Å². The summed E-state index contributed by atoms with van der Waals surface area (Å²) in [6, 6.07) is 4.99. The van der Waals surface area contributed by atoms with Crippen molar-refractivity contribution in [3.05, 3.63) is 28.8 Å².